The summed E-state index contributed by atoms with van der Waals surface area (Å²) in [7, 11) is 3.90. The monoisotopic (exact) mass is 427 g/mol. The highest BCUT2D eigenvalue weighted by molar-refractivity contribution is 5.95. The van der Waals surface area contributed by atoms with E-state index in [0.717, 1.165) is 5.69 Å². The minimum Gasteiger partial charge on any atom is -0.378 e. The largest absolute Gasteiger partial charge is 0.378 e. The molecule has 1 aliphatic rings. The van der Waals surface area contributed by atoms with Crippen LogP contribution in [0.2, 0.25) is 0 Å². The molecule has 0 saturated carbocycles. The number of hydrogen-bond acceptors (Lipinski definition) is 5. The van der Waals surface area contributed by atoms with Crippen LogP contribution >= 0.6 is 0 Å². The molecule has 168 valence electrons. The van der Waals surface area contributed by atoms with Gasteiger partial charge in [0, 0.05) is 69.7 Å². The summed E-state index contributed by atoms with van der Waals surface area (Å²) in [6.07, 6.45) is 0. The molecule has 2 heterocycles. The molecule has 1 aromatic carbocycles. The number of anilines is 2. The van der Waals surface area contributed by atoms with Crippen molar-refractivity contribution >= 4 is 17.4 Å². The fourth-order valence-corrected chi connectivity index (χ4v) is 4.00. The van der Waals surface area contributed by atoms with Crippen LogP contribution in [0.25, 0.3) is 0 Å². The van der Waals surface area contributed by atoms with Gasteiger partial charge in [-0.15, -0.1) is 0 Å². The van der Waals surface area contributed by atoms with Crippen molar-refractivity contribution in [2.75, 3.05) is 50.1 Å². The topological polar surface area (TPSA) is 70.8 Å². The lowest BCUT2D eigenvalue weighted by Gasteiger charge is -2.37. The molecule has 1 amide bonds. The third kappa shape index (κ3) is 4.52. The molecular weight excluding hydrogens is 394 g/mol. The molecule has 0 radical (unpaired) electrons. The Balaban J connectivity index is 1.83. The van der Waals surface area contributed by atoms with Crippen molar-refractivity contribution in [3.63, 3.8) is 0 Å². The van der Waals surface area contributed by atoms with Crippen LogP contribution < -0.4 is 21.0 Å². The van der Waals surface area contributed by atoms with Gasteiger partial charge in [-0.05, 0) is 45.9 Å². The van der Waals surface area contributed by atoms with Crippen LogP contribution in [0.15, 0.2) is 39.9 Å². The van der Waals surface area contributed by atoms with Crippen molar-refractivity contribution in [2.45, 2.75) is 39.8 Å². The number of rotatable bonds is 5. The van der Waals surface area contributed by atoms with E-state index in [1.807, 2.05) is 80.8 Å². The minimum absolute atomic E-state index is 0.000162. The van der Waals surface area contributed by atoms with Gasteiger partial charge in [-0.3, -0.25) is 18.7 Å². The predicted molar refractivity (Wildman–Crippen MR) is 125 cm³/mol. The molecule has 1 aromatic heterocycles. The Bertz CT molecular complexity index is 1060. The van der Waals surface area contributed by atoms with E-state index in [-0.39, 0.29) is 29.2 Å². The molecular formula is C23H33N5O3. The predicted octanol–water partition coefficient (Wildman–Crippen LogP) is 2.20. The average molecular weight is 428 g/mol. The smallest absolute Gasteiger partial charge is 0.333 e. The van der Waals surface area contributed by atoms with E-state index in [2.05, 4.69) is 0 Å². The van der Waals surface area contributed by atoms with Gasteiger partial charge in [0.1, 0.15) is 5.82 Å². The second-order valence-corrected chi connectivity index (χ2v) is 8.77. The highest BCUT2D eigenvalue weighted by atomic mass is 16.2. The standard InChI is InChI=1S/C23H33N5O3/c1-16(2)27-20(15-21(29)28(17(3)4)23(27)31)25-10-12-26(13-11-25)22(30)18-8-7-9-19(14-18)24(5)6/h7-9,14-17H,10-13H2,1-6H3. The van der Waals surface area contributed by atoms with E-state index in [1.165, 1.54) is 4.57 Å². The van der Waals surface area contributed by atoms with E-state index in [1.54, 1.807) is 10.6 Å². The van der Waals surface area contributed by atoms with Crippen LogP contribution in [0.4, 0.5) is 11.5 Å². The summed E-state index contributed by atoms with van der Waals surface area (Å²) in [5, 5.41) is 0. The molecule has 0 bridgehead atoms. The van der Waals surface area contributed by atoms with Gasteiger partial charge in [0.15, 0.2) is 0 Å². The van der Waals surface area contributed by atoms with Gasteiger partial charge in [-0.25, -0.2) is 4.79 Å². The fourth-order valence-electron chi connectivity index (χ4n) is 4.00. The number of nitrogens with zero attached hydrogens (tertiary/aromatic N) is 5. The lowest BCUT2D eigenvalue weighted by molar-refractivity contribution is 0.0746. The summed E-state index contributed by atoms with van der Waals surface area (Å²) in [5.41, 5.74) is 1.08. The van der Waals surface area contributed by atoms with Gasteiger partial charge >= 0.3 is 5.69 Å². The average Bonchev–Trinajstić information content (AvgIpc) is 2.72. The fraction of sp³-hybridized carbons (Fsp3) is 0.522. The van der Waals surface area contributed by atoms with Gasteiger partial charge in [-0.1, -0.05) is 6.07 Å². The van der Waals surface area contributed by atoms with Gasteiger partial charge in [0.2, 0.25) is 0 Å². The third-order valence-corrected chi connectivity index (χ3v) is 5.68. The molecule has 1 aliphatic heterocycles. The molecule has 2 aromatic rings. The molecule has 8 heteroatoms. The van der Waals surface area contributed by atoms with Gasteiger partial charge < -0.3 is 14.7 Å². The highest BCUT2D eigenvalue weighted by Crippen LogP contribution is 2.20. The van der Waals surface area contributed by atoms with Crippen molar-refractivity contribution in [1.29, 1.82) is 0 Å². The van der Waals surface area contributed by atoms with Crippen molar-refractivity contribution in [3.05, 3.63) is 56.7 Å². The highest BCUT2D eigenvalue weighted by Gasteiger charge is 2.26. The quantitative estimate of drug-likeness (QED) is 0.732. The molecule has 0 unspecified atom stereocenters. The number of piperazine rings is 1. The molecule has 31 heavy (non-hydrogen) atoms. The molecule has 8 nitrogen and oxygen atoms in total. The Morgan fingerprint density at radius 2 is 1.52 bits per heavy atom. The first kappa shape index (κ1) is 22.7. The van der Waals surface area contributed by atoms with E-state index in [9.17, 15) is 14.4 Å². The Hall–Kier alpha value is -3.03. The Morgan fingerprint density at radius 3 is 2.06 bits per heavy atom. The van der Waals surface area contributed by atoms with Crippen LogP contribution in [-0.4, -0.2) is 60.2 Å². The summed E-state index contributed by atoms with van der Waals surface area (Å²) in [4.78, 5) is 44.5. The van der Waals surface area contributed by atoms with Gasteiger partial charge in [-0.2, -0.15) is 0 Å². The summed E-state index contributed by atoms with van der Waals surface area (Å²) >= 11 is 0. The maximum absolute atomic E-state index is 13.0. The number of aromatic nitrogens is 2. The van der Waals surface area contributed by atoms with Crippen molar-refractivity contribution in [2.24, 2.45) is 0 Å². The zero-order valence-corrected chi connectivity index (χ0v) is 19.3. The number of benzene rings is 1. The zero-order chi connectivity index (χ0) is 22.9. The number of hydrogen-bond donors (Lipinski definition) is 0. The Morgan fingerprint density at radius 1 is 0.903 bits per heavy atom. The van der Waals surface area contributed by atoms with E-state index in [4.69, 9.17) is 0 Å². The van der Waals surface area contributed by atoms with Crippen LogP contribution in [0.3, 0.4) is 0 Å². The summed E-state index contributed by atoms with van der Waals surface area (Å²) in [6.45, 7) is 9.75. The normalized spacial score (nSPS) is 14.5. The second-order valence-electron chi connectivity index (χ2n) is 8.77. The number of carbonyl (C=O) groups is 1. The maximum Gasteiger partial charge on any atom is 0.333 e. The third-order valence-electron chi connectivity index (χ3n) is 5.68. The molecule has 0 N–H and O–H groups in total. The molecule has 3 rings (SSSR count). The first-order valence-electron chi connectivity index (χ1n) is 10.8. The molecule has 0 atom stereocenters. The minimum atomic E-state index is -0.286. The second kappa shape index (κ2) is 8.99. The van der Waals surface area contributed by atoms with Gasteiger partial charge in [0.05, 0.1) is 0 Å². The van der Waals surface area contributed by atoms with Crippen LogP contribution in [0, 0.1) is 0 Å². The van der Waals surface area contributed by atoms with Crippen molar-refractivity contribution < 1.29 is 4.79 Å². The van der Waals surface area contributed by atoms with Crippen LogP contribution in [0.1, 0.15) is 50.1 Å². The summed E-state index contributed by atoms with van der Waals surface area (Å²) in [6, 6.07) is 8.87. The lowest BCUT2D eigenvalue weighted by Crippen LogP contribution is -2.51. The molecule has 1 fully saturated rings. The van der Waals surface area contributed by atoms with E-state index >= 15 is 0 Å². The van der Waals surface area contributed by atoms with Crippen molar-refractivity contribution in [1.82, 2.24) is 14.0 Å². The molecule has 0 aliphatic carbocycles. The van der Waals surface area contributed by atoms with Crippen molar-refractivity contribution in [3.8, 4) is 0 Å². The molecule has 0 spiro atoms. The number of amides is 1. The lowest BCUT2D eigenvalue weighted by atomic mass is 10.1. The Labute approximate surface area is 183 Å². The van der Waals surface area contributed by atoms with Crippen LogP contribution in [0.5, 0.6) is 0 Å². The van der Waals surface area contributed by atoms with Gasteiger partial charge in [0.25, 0.3) is 11.5 Å². The summed E-state index contributed by atoms with van der Waals surface area (Å²) < 4.78 is 2.97. The zero-order valence-electron chi connectivity index (χ0n) is 19.3. The van der Waals surface area contributed by atoms with Crippen LogP contribution in [-0.2, 0) is 0 Å². The summed E-state index contributed by atoms with van der Waals surface area (Å²) in [5.74, 6) is 0.628. The first-order valence-corrected chi connectivity index (χ1v) is 10.8. The van der Waals surface area contributed by atoms with E-state index < -0.39 is 0 Å². The first-order chi connectivity index (χ1) is 14.6. The molecule has 1 saturated heterocycles. The maximum atomic E-state index is 13.0. The Kier molecular flexibility index (Phi) is 6.57. The van der Waals surface area contributed by atoms with E-state index in [0.29, 0.717) is 37.6 Å². The number of carbonyl (C=O) groups excluding carboxylic acids is 1. The SMILES string of the molecule is CC(C)n1c(N2CCN(C(=O)c3cccc(N(C)C)c3)CC2)cc(=O)n(C(C)C)c1=O.